The van der Waals surface area contributed by atoms with Crippen LogP contribution in [-0.2, 0) is 0 Å². The lowest BCUT2D eigenvalue weighted by molar-refractivity contribution is 1.40. The third-order valence-electron chi connectivity index (χ3n) is 8.65. The monoisotopic (exact) mass is 536 g/mol. The summed E-state index contributed by atoms with van der Waals surface area (Å²) in [6.45, 7) is 0. The summed E-state index contributed by atoms with van der Waals surface area (Å²) < 4.78 is 0. The molecule has 0 N–H and O–H groups in total. The molecule has 0 radical (unpaired) electrons. The maximum Gasteiger partial charge on any atom is 0.0207 e. The number of hydrogen-bond donors (Lipinski definition) is 0. The first-order chi connectivity index (χ1) is 20.4. The Morgan fingerprint density at radius 3 is 1.88 bits per heavy atom. The van der Waals surface area contributed by atoms with Crippen LogP contribution in [0, 0.1) is 0 Å². The molecule has 0 bridgehead atoms. The fourth-order valence-electron chi connectivity index (χ4n) is 6.94. The molecule has 190 valence electrons. The second-order valence-corrected chi connectivity index (χ2v) is 11.9. The molecule has 0 unspecified atom stereocenters. The van der Waals surface area contributed by atoms with Crippen molar-refractivity contribution in [1.29, 1.82) is 0 Å². The van der Waals surface area contributed by atoms with Crippen LogP contribution in [0.4, 0.5) is 0 Å². The van der Waals surface area contributed by atoms with E-state index in [9.17, 15) is 0 Å². The summed E-state index contributed by atoms with van der Waals surface area (Å²) in [7, 11) is 0. The summed E-state index contributed by atoms with van der Waals surface area (Å²) in [5.74, 6) is 0. The predicted molar refractivity (Wildman–Crippen MR) is 177 cm³/mol. The van der Waals surface area contributed by atoms with Crippen LogP contribution in [0.25, 0.3) is 76.5 Å². The highest BCUT2D eigenvalue weighted by Crippen LogP contribution is 2.52. The molecule has 0 aromatic heterocycles. The quantitative estimate of drug-likeness (QED) is 0.156. The van der Waals surface area contributed by atoms with Gasteiger partial charge in [0.15, 0.2) is 0 Å². The van der Waals surface area contributed by atoms with Crippen molar-refractivity contribution < 1.29 is 0 Å². The molecule has 0 fully saturated rings. The largest absolute Gasteiger partial charge is 0.0888 e. The smallest absolute Gasteiger partial charge is 0.0207 e. The molecule has 0 atom stereocenters. The van der Waals surface area contributed by atoms with Crippen LogP contribution in [0.15, 0.2) is 155 Å². The van der Waals surface area contributed by atoms with Gasteiger partial charge in [-0.05, 0) is 83.2 Å². The van der Waals surface area contributed by atoms with E-state index in [1.165, 1.54) is 86.3 Å². The summed E-state index contributed by atoms with van der Waals surface area (Å²) in [6.07, 6.45) is 0. The van der Waals surface area contributed by atoms with Gasteiger partial charge in [-0.15, -0.1) is 0 Å². The zero-order valence-electron chi connectivity index (χ0n) is 22.3. The number of fused-ring (bicyclic) bond motifs is 6. The van der Waals surface area contributed by atoms with E-state index < -0.39 is 0 Å². The minimum Gasteiger partial charge on any atom is -0.0888 e. The molecule has 1 aliphatic heterocycles. The molecular formula is C40H24S. The highest BCUT2D eigenvalue weighted by atomic mass is 32.2. The average molecular weight is 537 g/mol. The molecule has 0 aliphatic carbocycles. The number of benzene rings is 8. The third-order valence-corrected chi connectivity index (χ3v) is 9.78. The Kier molecular flexibility index (Phi) is 4.93. The molecule has 0 spiro atoms. The predicted octanol–water partition coefficient (Wildman–Crippen LogP) is 11.8. The van der Waals surface area contributed by atoms with E-state index in [2.05, 4.69) is 146 Å². The molecule has 8 aromatic carbocycles. The molecule has 1 heterocycles. The van der Waals surface area contributed by atoms with Crippen LogP contribution >= 0.6 is 11.8 Å². The molecule has 8 aromatic rings. The molecule has 1 heteroatoms. The highest BCUT2D eigenvalue weighted by Gasteiger charge is 2.23. The lowest BCUT2D eigenvalue weighted by Gasteiger charge is -2.24. The van der Waals surface area contributed by atoms with Crippen LogP contribution in [0.3, 0.4) is 0 Å². The van der Waals surface area contributed by atoms with Crippen LogP contribution in [0.5, 0.6) is 0 Å². The van der Waals surface area contributed by atoms with E-state index >= 15 is 0 Å². The maximum atomic E-state index is 2.37. The van der Waals surface area contributed by atoms with E-state index in [1.54, 1.807) is 0 Å². The summed E-state index contributed by atoms with van der Waals surface area (Å²) in [6, 6.07) is 53.7. The van der Waals surface area contributed by atoms with Crippen LogP contribution < -0.4 is 0 Å². The van der Waals surface area contributed by atoms with E-state index in [0.29, 0.717) is 0 Å². The van der Waals surface area contributed by atoms with Crippen molar-refractivity contribution in [3.8, 4) is 33.4 Å². The Balaban J connectivity index is 1.50. The highest BCUT2D eigenvalue weighted by molar-refractivity contribution is 7.99. The molecular weight excluding hydrogens is 513 g/mol. The Hall–Kier alpha value is -4.85. The zero-order chi connectivity index (χ0) is 26.9. The Morgan fingerprint density at radius 1 is 0.317 bits per heavy atom. The fraction of sp³-hybridized carbons (Fsp3) is 0. The van der Waals surface area contributed by atoms with Crippen molar-refractivity contribution in [3.05, 3.63) is 146 Å². The van der Waals surface area contributed by atoms with Crippen molar-refractivity contribution in [2.75, 3.05) is 0 Å². The average Bonchev–Trinajstić information content (AvgIpc) is 3.04. The Labute approximate surface area is 242 Å². The van der Waals surface area contributed by atoms with Gasteiger partial charge in [0.05, 0.1) is 0 Å². The van der Waals surface area contributed by atoms with Gasteiger partial charge in [-0.2, -0.15) is 0 Å². The number of rotatable bonds is 2. The SMILES string of the molecule is c1ccc(-c2c3ccccc3c(-c3ccc4c5c(cccc35)-c3ccccc3S4)c3c2ccc2ccccc23)cc1. The Bertz CT molecular complexity index is 2330. The number of hydrogen-bond acceptors (Lipinski definition) is 1. The minimum atomic E-state index is 1.25. The fourth-order valence-corrected chi connectivity index (χ4v) is 8.07. The van der Waals surface area contributed by atoms with Gasteiger partial charge in [0, 0.05) is 15.2 Å². The summed E-state index contributed by atoms with van der Waals surface area (Å²) in [4.78, 5) is 2.66. The van der Waals surface area contributed by atoms with Crippen molar-refractivity contribution in [3.63, 3.8) is 0 Å². The molecule has 0 saturated carbocycles. The van der Waals surface area contributed by atoms with Gasteiger partial charge >= 0.3 is 0 Å². The van der Waals surface area contributed by atoms with Crippen molar-refractivity contribution in [2.24, 2.45) is 0 Å². The van der Waals surface area contributed by atoms with E-state index in [0.717, 1.165) is 0 Å². The lowest BCUT2D eigenvalue weighted by atomic mass is 9.82. The molecule has 0 saturated heterocycles. The van der Waals surface area contributed by atoms with E-state index in [-0.39, 0.29) is 0 Å². The van der Waals surface area contributed by atoms with E-state index in [1.807, 2.05) is 11.8 Å². The summed E-state index contributed by atoms with van der Waals surface area (Å²) >= 11 is 1.89. The van der Waals surface area contributed by atoms with Gasteiger partial charge < -0.3 is 0 Å². The second-order valence-electron chi connectivity index (χ2n) is 10.8. The van der Waals surface area contributed by atoms with Crippen LogP contribution in [0.1, 0.15) is 0 Å². The van der Waals surface area contributed by atoms with Gasteiger partial charge in [0.25, 0.3) is 0 Å². The van der Waals surface area contributed by atoms with Crippen molar-refractivity contribution in [2.45, 2.75) is 9.79 Å². The standard InChI is InChI=1S/C40H24S/c1-2-12-26(13-3-1)37-30-16-6-7-17-32(30)40(39-27-14-5-4-11-25(27)21-22-34(37)39)33-23-24-36-38-29(18-10-19-31(33)38)28-15-8-9-20-35(28)41-36/h1-24H. The van der Waals surface area contributed by atoms with Crippen LogP contribution in [-0.4, -0.2) is 0 Å². The maximum absolute atomic E-state index is 2.37. The van der Waals surface area contributed by atoms with Gasteiger partial charge in [-0.1, -0.05) is 145 Å². The topological polar surface area (TPSA) is 0 Å². The lowest BCUT2D eigenvalue weighted by Crippen LogP contribution is -1.96. The normalized spacial score (nSPS) is 12.3. The molecule has 9 rings (SSSR count). The van der Waals surface area contributed by atoms with Gasteiger partial charge in [-0.3, -0.25) is 0 Å². The first-order valence-corrected chi connectivity index (χ1v) is 14.9. The zero-order valence-corrected chi connectivity index (χ0v) is 23.1. The van der Waals surface area contributed by atoms with Gasteiger partial charge in [0.2, 0.25) is 0 Å². The molecule has 41 heavy (non-hydrogen) atoms. The third kappa shape index (κ3) is 3.30. The Morgan fingerprint density at radius 2 is 1.00 bits per heavy atom. The van der Waals surface area contributed by atoms with Gasteiger partial charge in [-0.25, -0.2) is 0 Å². The summed E-state index contributed by atoms with van der Waals surface area (Å²) in [5.41, 5.74) is 7.82. The second kappa shape index (κ2) is 8.83. The first-order valence-electron chi connectivity index (χ1n) is 14.1. The van der Waals surface area contributed by atoms with Crippen molar-refractivity contribution in [1.82, 2.24) is 0 Å². The van der Waals surface area contributed by atoms with Gasteiger partial charge in [0.1, 0.15) is 0 Å². The van der Waals surface area contributed by atoms with Crippen molar-refractivity contribution >= 4 is 54.9 Å². The minimum absolute atomic E-state index is 1.25. The van der Waals surface area contributed by atoms with Crippen LogP contribution in [0.2, 0.25) is 0 Å². The van der Waals surface area contributed by atoms with E-state index in [4.69, 9.17) is 0 Å². The molecule has 0 amide bonds. The first kappa shape index (κ1) is 22.9. The molecule has 1 aliphatic rings. The molecule has 0 nitrogen and oxygen atoms in total. The summed E-state index contributed by atoms with van der Waals surface area (Å²) in [5, 5.41) is 10.4.